The molecule has 0 amide bonds. The van der Waals surface area contributed by atoms with Crippen molar-refractivity contribution < 1.29 is 23.7 Å². The average molecular weight is 508 g/mol. The third-order valence-electron chi connectivity index (χ3n) is 6.09. The summed E-state index contributed by atoms with van der Waals surface area (Å²) in [7, 11) is 6.36. The van der Waals surface area contributed by atoms with Gasteiger partial charge >= 0.3 is 0 Å². The Kier molecular flexibility index (Phi) is 6.73. The summed E-state index contributed by atoms with van der Waals surface area (Å²) >= 11 is 0. The molecule has 194 valence electrons. The van der Waals surface area contributed by atoms with Gasteiger partial charge in [0.2, 0.25) is 11.9 Å². The number of hydrogen-bond donors (Lipinski definition) is 2. The van der Waals surface area contributed by atoms with E-state index in [9.17, 15) is 0 Å². The second kappa shape index (κ2) is 10.3. The van der Waals surface area contributed by atoms with Crippen molar-refractivity contribution in [3.8, 4) is 28.7 Å². The SMILES string of the molecule is COc1ccc(Nc2nc(N3CCOCC3)c3nc(N)n(-c4ccc(OC)c(OC)c4)c3n2)cc1OC. The zero-order valence-corrected chi connectivity index (χ0v) is 21.1. The van der Waals surface area contributed by atoms with Crippen LogP contribution < -0.4 is 34.9 Å². The lowest BCUT2D eigenvalue weighted by Crippen LogP contribution is -2.37. The number of fused-ring (bicyclic) bond motifs is 1. The number of benzene rings is 2. The Bertz CT molecular complexity index is 1420. The van der Waals surface area contributed by atoms with Crippen LogP contribution in [0, 0.1) is 0 Å². The van der Waals surface area contributed by atoms with Crippen LogP contribution in [0.3, 0.4) is 0 Å². The molecule has 5 rings (SSSR count). The van der Waals surface area contributed by atoms with E-state index in [2.05, 4.69) is 15.2 Å². The van der Waals surface area contributed by atoms with E-state index in [-0.39, 0.29) is 5.95 Å². The quantitative estimate of drug-likeness (QED) is 0.365. The first-order valence-corrected chi connectivity index (χ1v) is 11.7. The molecule has 0 saturated carbocycles. The largest absolute Gasteiger partial charge is 0.493 e. The fourth-order valence-corrected chi connectivity index (χ4v) is 4.27. The number of methoxy groups -OCH3 is 4. The lowest BCUT2D eigenvalue weighted by atomic mass is 10.2. The second-order valence-corrected chi connectivity index (χ2v) is 8.18. The highest BCUT2D eigenvalue weighted by Crippen LogP contribution is 2.35. The Morgan fingerprint density at radius 1 is 0.811 bits per heavy atom. The van der Waals surface area contributed by atoms with Crippen molar-refractivity contribution in [1.29, 1.82) is 0 Å². The van der Waals surface area contributed by atoms with E-state index < -0.39 is 0 Å². The van der Waals surface area contributed by atoms with E-state index in [0.717, 1.165) is 11.4 Å². The van der Waals surface area contributed by atoms with E-state index in [1.807, 2.05) is 36.4 Å². The third kappa shape index (κ3) is 4.58. The number of morpholine rings is 1. The Morgan fingerprint density at radius 2 is 1.46 bits per heavy atom. The number of nitrogens with two attached hydrogens (primary N) is 1. The Morgan fingerprint density at radius 3 is 2.14 bits per heavy atom. The summed E-state index contributed by atoms with van der Waals surface area (Å²) in [6.45, 7) is 2.53. The predicted octanol–water partition coefficient (Wildman–Crippen LogP) is 3.01. The maximum atomic E-state index is 6.44. The Hall–Kier alpha value is -4.45. The van der Waals surface area contributed by atoms with E-state index in [1.165, 1.54) is 0 Å². The van der Waals surface area contributed by atoms with Crippen LogP contribution in [0.25, 0.3) is 16.9 Å². The van der Waals surface area contributed by atoms with Crippen LogP contribution in [-0.4, -0.2) is 74.3 Å². The molecule has 2 aromatic heterocycles. The molecule has 0 spiro atoms. The summed E-state index contributed by atoms with van der Waals surface area (Å²) in [5.41, 5.74) is 9.03. The van der Waals surface area contributed by atoms with Crippen molar-refractivity contribution in [2.45, 2.75) is 0 Å². The molecular formula is C25H29N7O5. The summed E-state index contributed by atoms with van der Waals surface area (Å²) < 4.78 is 29.0. The topological polar surface area (TPSA) is 131 Å². The summed E-state index contributed by atoms with van der Waals surface area (Å²) in [5.74, 6) is 3.69. The van der Waals surface area contributed by atoms with Crippen molar-refractivity contribution in [3.63, 3.8) is 0 Å². The molecule has 12 nitrogen and oxygen atoms in total. The smallest absolute Gasteiger partial charge is 0.231 e. The van der Waals surface area contributed by atoms with E-state index in [4.69, 9.17) is 39.4 Å². The number of hydrogen-bond acceptors (Lipinski definition) is 11. The zero-order chi connectivity index (χ0) is 25.9. The van der Waals surface area contributed by atoms with Crippen molar-refractivity contribution in [1.82, 2.24) is 19.5 Å². The number of imidazole rings is 1. The van der Waals surface area contributed by atoms with E-state index in [1.54, 1.807) is 33.0 Å². The zero-order valence-electron chi connectivity index (χ0n) is 21.1. The second-order valence-electron chi connectivity index (χ2n) is 8.18. The van der Waals surface area contributed by atoms with Gasteiger partial charge < -0.3 is 39.6 Å². The van der Waals surface area contributed by atoms with Crippen LogP contribution in [0.15, 0.2) is 36.4 Å². The number of nitrogens with zero attached hydrogens (tertiary/aromatic N) is 5. The maximum absolute atomic E-state index is 6.44. The van der Waals surface area contributed by atoms with E-state index >= 15 is 0 Å². The molecule has 3 heterocycles. The van der Waals surface area contributed by atoms with Crippen molar-refractivity contribution >= 4 is 34.6 Å². The molecule has 37 heavy (non-hydrogen) atoms. The lowest BCUT2D eigenvalue weighted by molar-refractivity contribution is 0.122. The third-order valence-corrected chi connectivity index (χ3v) is 6.09. The minimum atomic E-state index is 0.272. The fourth-order valence-electron chi connectivity index (χ4n) is 4.27. The van der Waals surface area contributed by atoms with Crippen molar-refractivity contribution in [3.05, 3.63) is 36.4 Å². The summed E-state index contributed by atoms with van der Waals surface area (Å²) in [5, 5.41) is 3.29. The first-order chi connectivity index (χ1) is 18.1. The van der Waals surface area contributed by atoms with Crippen molar-refractivity contribution in [2.24, 2.45) is 0 Å². The monoisotopic (exact) mass is 507 g/mol. The van der Waals surface area contributed by atoms with Crippen LogP contribution in [0.1, 0.15) is 0 Å². The van der Waals surface area contributed by atoms with Crippen LogP contribution >= 0.6 is 0 Å². The van der Waals surface area contributed by atoms with Gasteiger partial charge in [0.1, 0.15) is 0 Å². The fraction of sp³-hybridized carbons (Fsp3) is 0.320. The molecule has 4 aromatic rings. The summed E-state index contributed by atoms with van der Waals surface area (Å²) in [4.78, 5) is 16.4. The van der Waals surface area contributed by atoms with Gasteiger partial charge in [0, 0.05) is 30.9 Å². The molecule has 2 aromatic carbocycles. The van der Waals surface area contributed by atoms with Gasteiger partial charge in [0.25, 0.3) is 0 Å². The molecule has 1 saturated heterocycles. The maximum Gasteiger partial charge on any atom is 0.231 e. The molecule has 1 aliphatic heterocycles. The molecule has 3 N–H and O–H groups in total. The normalized spacial score (nSPS) is 13.5. The molecule has 12 heteroatoms. The molecule has 0 atom stereocenters. The number of aromatic nitrogens is 4. The first kappa shape index (κ1) is 24.3. The molecule has 0 unspecified atom stereocenters. The average Bonchev–Trinajstić information content (AvgIpc) is 3.28. The Labute approximate surface area is 213 Å². The minimum Gasteiger partial charge on any atom is -0.493 e. The number of nitrogens with one attached hydrogen (secondary N) is 1. The lowest BCUT2D eigenvalue weighted by Gasteiger charge is -2.28. The van der Waals surface area contributed by atoms with Gasteiger partial charge in [-0.3, -0.25) is 4.57 Å². The van der Waals surface area contributed by atoms with E-state index in [0.29, 0.717) is 72.2 Å². The van der Waals surface area contributed by atoms with Gasteiger partial charge in [-0.25, -0.2) is 4.98 Å². The highest BCUT2D eigenvalue weighted by Gasteiger charge is 2.24. The molecule has 1 aliphatic rings. The van der Waals surface area contributed by atoms with Crippen LogP contribution in [-0.2, 0) is 4.74 Å². The van der Waals surface area contributed by atoms with Gasteiger partial charge in [-0.2, -0.15) is 9.97 Å². The van der Waals surface area contributed by atoms with Gasteiger partial charge in [-0.15, -0.1) is 0 Å². The van der Waals surface area contributed by atoms with Crippen LogP contribution in [0.2, 0.25) is 0 Å². The predicted molar refractivity (Wildman–Crippen MR) is 140 cm³/mol. The van der Waals surface area contributed by atoms with Gasteiger partial charge in [-0.05, 0) is 24.3 Å². The van der Waals surface area contributed by atoms with Gasteiger partial charge in [0.15, 0.2) is 40.0 Å². The minimum absolute atomic E-state index is 0.272. The standard InChI is InChI=1S/C25H29N7O5/c1-33-17-7-5-15(13-19(17)35-3)27-25-29-22(31-9-11-37-12-10-31)21-23(30-25)32(24(26)28-21)16-6-8-18(34-2)20(14-16)36-4/h5-8,13-14H,9-12H2,1-4H3,(H2,26,28)(H,27,29,30). The number of nitrogen functional groups attached to an aromatic ring is 1. The van der Waals surface area contributed by atoms with Gasteiger partial charge in [-0.1, -0.05) is 0 Å². The van der Waals surface area contributed by atoms with Crippen LogP contribution in [0.4, 0.5) is 23.4 Å². The molecular weight excluding hydrogens is 478 g/mol. The molecule has 1 fully saturated rings. The molecule has 0 radical (unpaired) electrons. The van der Waals surface area contributed by atoms with Gasteiger partial charge in [0.05, 0.1) is 47.3 Å². The number of rotatable bonds is 8. The summed E-state index contributed by atoms with van der Waals surface area (Å²) in [6.07, 6.45) is 0. The Balaban J connectivity index is 1.66. The molecule has 0 aliphatic carbocycles. The molecule has 0 bridgehead atoms. The number of ether oxygens (including phenoxy) is 5. The van der Waals surface area contributed by atoms with Crippen LogP contribution in [0.5, 0.6) is 23.0 Å². The summed E-state index contributed by atoms with van der Waals surface area (Å²) in [6, 6.07) is 11.0. The number of anilines is 4. The highest BCUT2D eigenvalue weighted by atomic mass is 16.5. The van der Waals surface area contributed by atoms with Crippen molar-refractivity contribution in [2.75, 3.05) is 70.7 Å². The highest BCUT2D eigenvalue weighted by molar-refractivity contribution is 5.89. The first-order valence-electron chi connectivity index (χ1n) is 11.7.